The maximum Gasteiger partial charge on any atom is 0.260 e. The molecule has 3 nitrogen and oxygen atoms in total. The van der Waals surface area contributed by atoms with Gasteiger partial charge >= 0.3 is 0 Å². The zero-order valence-electron chi connectivity index (χ0n) is 9.87. The Hall–Kier alpha value is -1.13. The second-order valence-corrected chi connectivity index (χ2v) is 4.21. The molecule has 0 aromatic heterocycles. The highest BCUT2D eigenvalue weighted by molar-refractivity contribution is 7.80. The van der Waals surface area contributed by atoms with E-state index in [9.17, 15) is 4.79 Å². The zero-order chi connectivity index (χ0) is 12.8. The van der Waals surface area contributed by atoms with Gasteiger partial charge in [-0.15, -0.1) is 0 Å². The van der Waals surface area contributed by atoms with Gasteiger partial charge in [-0.2, -0.15) is 0 Å². The lowest BCUT2D eigenvalue weighted by molar-refractivity contribution is 0.0851. The Balaban J connectivity index is 2.86. The van der Waals surface area contributed by atoms with Gasteiger partial charge in [-0.1, -0.05) is 11.6 Å². The minimum Gasteiger partial charge on any atom is -0.362 e. The normalized spacial score (nSPS) is 9.82. The monoisotopic (exact) mass is 270 g/mol. The van der Waals surface area contributed by atoms with E-state index >= 15 is 0 Å². The molecule has 0 unspecified atom stereocenters. The molecule has 1 amide bonds. The standard InChI is InChI=1S/C12H15ClN2OS/c1-3-14-12(17)15(4-2)11(16)9-5-7-10(13)8-6-9/h5-8H,3-4H2,1-2H3,(H,14,17). The maximum absolute atomic E-state index is 12.2. The topological polar surface area (TPSA) is 32.3 Å². The van der Waals surface area contributed by atoms with Gasteiger partial charge < -0.3 is 5.32 Å². The fourth-order valence-corrected chi connectivity index (χ4v) is 1.86. The smallest absolute Gasteiger partial charge is 0.260 e. The summed E-state index contributed by atoms with van der Waals surface area (Å²) >= 11 is 10.9. The van der Waals surface area contributed by atoms with E-state index < -0.39 is 0 Å². The summed E-state index contributed by atoms with van der Waals surface area (Å²) in [6, 6.07) is 6.78. The van der Waals surface area contributed by atoms with Crippen molar-refractivity contribution in [2.45, 2.75) is 13.8 Å². The minimum absolute atomic E-state index is 0.116. The Labute approximate surface area is 112 Å². The van der Waals surface area contributed by atoms with Crippen molar-refractivity contribution in [2.75, 3.05) is 13.1 Å². The Morgan fingerprint density at radius 2 is 1.94 bits per heavy atom. The fraction of sp³-hybridized carbons (Fsp3) is 0.333. The van der Waals surface area contributed by atoms with E-state index in [4.69, 9.17) is 23.8 Å². The molecule has 0 saturated heterocycles. The van der Waals surface area contributed by atoms with Gasteiger partial charge in [0.1, 0.15) is 0 Å². The quantitative estimate of drug-likeness (QED) is 0.857. The number of hydrogen-bond donors (Lipinski definition) is 1. The van der Waals surface area contributed by atoms with Gasteiger partial charge in [0.05, 0.1) is 0 Å². The van der Waals surface area contributed by atoms with Gasteiger partial charge in [-0.05, 0) is 50.3 Å². The number of rotatable bonds is 3. The summed E-state index contributed by atoms with van der Waals surface area (Å²) < 4.78 is 0. The molecule has 0 atom stereocenters. The van der Waals surface area contributed by atoms with E-state index in [0.29, 0.717) is 28.8 Å². The first-order chi connectivity index (χ1) is 8.10. The lowest BCUT2D eigenvalue weighted by atomic mass is 10.2. The largest absolute Gasteiger partial charge is 0.362 e. The van der Waals surface area contributed by atoms with Gasteiger partial charge in [-0.3, -0.25) is 9.69 Å². The van der Waals surface area contributed by atoms with E-state index in [0.717, 1.165) is 0 Å². The summed E-state index contributed by atoms with van der Waals surface area (Å²) in [5, 5.41) is 4.03. The minimum atomic E-state index is -0.116. The summed E-state index contributed by atoms with van der Waals surface area (Å²) in [7, 11) is 0. The Morgan fingerprint density at radius 3 is 2.41 bits per heavy atom. The van der Waals surface area contributed by atoms with E-state index in [1.807, 2.05) is 13.8 Å². The van der Waals surface area contributed by atoms with Crippen LogP contribution in [0.2, 0.25) is 5.02 Å². The average molecular weight is 271 g/mol. The molecule has 5 heteroatoms. The molecule has 0 bridgehead atoms. The number of carbonyl (C=O) groups is 1. The molecule has 0 aliphatic heterocycles. The third-order valence-electron chi connectivity index (χ3n) is 2.23. The molecular formula is C12H15ClN2OS. The van der Waals surface area contributed by atoms with E-state index in [1.54, 1.807) is 24.3 Å². The van der Waals surface area contributed by atoms with E-state index in [-0.39, 0.29) is 5.91 Å². The van der Waals surface area contributed by atoms with Gasteiger partial charge in [0.25, 0.3) is 5.91 Å². The van der Waals surface area contributed by atoms with Crippen LogP contribution >= 0.6 is 23.8 Å². The molecule has 0 fully saturated rings. The lowest BCUT2D eigenvalue weighted by Crippen LogP contribution is -2.43. The van der Waals surface area contributed by atoms with Gasteiger partial charge in [0, 0.05) is 23.7 Å². The highest BCUT2D eigenvalue weighted by Gasteiger charge is 2.17. The van der Waals surface area contributed by atoms with Crippen molar-refractivity contribution in [3.05, 3.63) is 34.9 Å². The predicted octanol–water partition coefficient (Wildman–Crippen LogP) is 2.70. The second kappa shape index (κ2) is 6.57. The van der Waals surface area contributed by atoms with Crippen LogP contribution in [0.5, 0.6) is 0 Å². The van der Waals surface area contributed by atoms with Gasteiger partial charge in [0.15, 0.2) is 5.11 Å². The number of carbonyl (C=O) groups excluding carboxylic acids is 1. The van der Waals surface area contributed by atoms with Crippen LogP contribution in [-0.4, -0.2) is 29.0 Å². The van der Waals surface area contributed by atoms with E-state index in [2.05, 4.69) is 5.32 Å². The van der Waals surface area contributed by atoms with Crippen molar-refractivity contribution >= 4 is 34.8 Å². The molecular weight excluding hydrogens is 256 g/mol. The Kier molecular flexibility index (Phi) is 5.38. The first-order valence-corrected chi connectivity index (χ1v) is 6.24. The maximum atomic E-state index is 12.2. The number of halogens is 1. The molecule has 0 heterocycles. The van der Waals surface area contributed by atoms with Crippen molar-refractivity contribution in [2.24, 2.45) is 0 Å². The molecule has 0 radical (unpaired) electrons. The Morgan fingerprint density at radius 1 is 1.35 bits per heavy atom. The van der Waals surface area contributed by atoms with Crippen LogP contribution in [0.15, 0.2) is 24.3 Å². The van der Waals surface area contributed by atoms with Crippen molar-refractivity contribution in [1.29, 1.82) is 0 Å². The van der Waals surface area contributed by atoms with Crippen molar-refractivity contribution in [3.8, 4) is 0 Å². The summed E-state index contributed by atoms with van der Waals surface area (Å²) in [6.45, 7) is 5.06. The molecule has 1 N–H and O–H groups in total. The summed E-state index contributed by atoms with van der Waals surface area (Å²) in [5.74, 6) is -0.116. The lowest BCUT2D eigenvalue weighted by Gasteiger charge is -2.22. The number of thiocarbonyl (C=S) groups is 1. The SMILES string of the molecule is CCNC(=S)N(CC)C(=O)c1ccc(Cl)cc1. The van der Waals surface area contributed by atoms with Crippen LogP contribution in [0.4, 0.5) is 0 Å². The first kappa shape index (κ1) is 13.9. The van der Waals surface area contributed by atoms with Gasteiger partial charge in [0.2, 0.25) is 0 Å². The zero-order valence-corrected chi connectivity index (χ0v) is 11.4. The summed E-state index contributed by atoms with van der Waals surface area (Å²) in [5.41, 5.74) is 0.580. The average Bonchev–Trinajstić information content (AvgIpc) is 2.31. The number of amides is 1. The summed E-state index contributed by atoms with van der Waals surface area (Å²) in [6.07, 6.45) is 0. The molecule has 1 rings (SSSR count). The number of benzene rings is 1. The number of nitrogens with zero attached hydrogens (tertiary/aromatic N) is 1. The first-order valence-electron chi connectivity index (χ1n) is 5.45. The van der Waals surface area contributed by atoms with Crippen LogP contribution in [0, 0.1) is 0 Å². The number of nitrogens with one attached hydrogen (secondary N) is 1. The molecule has 0 spiro atoms. The molecule has 0 saturated carbocycles. The van der Waals surface area contributed by atoms with Crippen molar-refractivity contribution in [1.82, 2.24) is 10.2 Å². The van der Waals surface area contributed by atoms with Crippen molar-refractivity contribution in [3.63, 3.8) is 0 Å². The highest BCUT2D eigenvalue weighted by Crippen LogP contribution is 2.11. The van der Waals surface area contributed by atoms with Crippen LogP contribution in [0.25, 0.3) is 0 Å². The molecule has 92 valence electrons. The second-order valence-electron chi connectivity index (χ2n) is 3.39. The van der Waals surface area contributed by atoms with Crippen LogP contribution in [-0.2, 0) is 0 Å². The van der Waals surface area contributed by atoms with Crippen LogP contribution in [0.1, 0.15) is 24.2 Å². The van der Waals surface area contributed by atoms with Crippen molar-refractivity contribution < 1.29 is 4.79 Å². The highest BCUT2D eigenvalue weighted by atomic mass is 35.5. The van der Waals surface area contributed by atoms with Gasteiger partial charge in [-0.25, -0.2) is 0 Å². The number of hydrogen-bond acceptors (Lipinski definition) is 2. The van der Waals surface area contributed by atoms with Crippen LogP contribution < -0.4 is 5.32 Å². The Bertz CT molecular complexity index is 405. The third kappa shape index (κ3) is 3.68. The van der Waals surface area contributed by atoms with E-state index in [1.165, 1.54) is 4.90 Å². The molecule has 1 aromatic carbocycles. The van der Waals surface area contributed by atoms with Crippen LogP contribution in [0.3, 0.4) is 0 Å². The third-order valence-corrected chi connectivity index (χ3v) is 2.84. The molecule has 17 heavy (non-hydrogen) atoms. The molecule has 0 aliphatic rings. The molecule has 1 aromatic rings. The predicted molar refractivity (Wildman–Crippen MR) is 74.4 cm³/mol. The summed E-state index contributed by atoms with van der Waals surface area (Å²) in [4.78, 5) is 13.7. The fourth-order valence-electron chi connectivity index (χ4n) is 1.37. The molecule has 0 aliphatic carbocycles.